The van der Waals surface area contributed by atoms with Crippen molar-refractivity contribution in [3.63, 3.8) is 0 Å². The van der Waals surface area contributed by atoms with E-state index in [2.05, 4.69) is 0 Å². The maximum Gasteiger partial charge on any atom is 0.421 e. The SMILES string of the molecule is Cc1ccc(CN(N)C(=O)O)cc1. The minimum Gasteiger partial charge on any atom is -0.464 e. The van der Waals surface area contributed by atoms with Gasteiger partial charge in [-0.15, -0.1) is 0 Å². The number of nitrogens with zero attached hydrogens (tertiary/aromatic N) is 1. The summed E-state index contributed by atoms with van der Waals surface area (Å²) < 4.78 is 0. The molecule has 0 aliphatic rings. The summed E-state index contributed by atoms with van der Waals surface area (Å²) in [6.07, 6.45) is -1.12. The van der Waals surface area contributed by atoms with Gasteiger partial charge >= 0.3 is 6.09 Å². The minimum atomic E-state index is -1.12. The van der Waals surface area contributed by atoms with Crippen molar-refractivity contribution in [1.29, 1.82) is 0 Å². The van der Waals surface area contributed by atoms with Crippen molar-refractivity contribution in [2.75, 3.05) is 0 Å². The highest BCUT2D eigenvalue weighted by Gasteiger charge is 2.05. The van der Waals surface area contributed by atoms with Crippen molar-refractivity contribution in [2.45, 2.75) is 13.5 Å². The van der Waals surface area contributed by atoms with Crippen molar-refractivity contribution >= 4 is 6.09 Å². The van der Waals surface area contributed by atoms with E-state index >= 15 is 0 Å². The van der Waals surface area contributed by atoms with Gasteiger partial charge in [0, 0.05) is 0 Å². The molecular weight excluding hydrogens is 168 g/mol. The van der Waals surface area contributed by atoms with Gasteiger partial charge in [-0.2, -0.15) is 0 Å². The molecule has 0 aromatic heterocycles. The Morgan fingerprint density at radius 1 is 1.46 bits per heavy atom. The number of aryl methyl sites for hydroxylation is 1. The zero-order chi connectivity index (χ0) is 9.84. The van der Waals surface area contributed by atoms with Gasteiger partial charge in [0.15, 0.2) is 0 Å². The van der Waals surface area contributed by atoms with Crippen LogP contribution in [0.3, 0.4) is 0 Å². The van der Waals surface area contributed by atoms with Crippen LogP contribution in [0.5, 0.6) is 0 Å². The molecule has 0 spiro atoms. The van der Waals surface area contributed by atoms with Crippen molar-refractivity contribution in [1.82, 2.24) is 5.01 Å². The summed E-state index contributed by atoms with van der Waals surface area (Å²) in [5.74, 6) is 5.22. The molecule has 0 atom stereocenters. The number of hydrogen-bond donors (Lipinski definition) is 2. The highest BCUT2D eigenvalue weighted by molar-refractivity contribution is 5.64. The molecule has 70 valence electrons. The van der Waals surface area contributed by atoms with Crippen LogP contribution in [0.2, 0.25) is 0 Å². The molecule has 1 rings (SSSR count). The predicted molar refractivity (Wildman–Crippen MR) is 48.9 cm³/mol. The third-order valence-electron chi connectivity index (χ3n) is 1.72. The lowest BCUT2D eigenvalue weighted by atomic mass is 10.1. The second-order valence-corrected chi connectivity index (χ2v) is 2.90. The molecule has 4 heteroatoms. The molecule has 1 amide bonds. The third-order valence-corrected chi connectivity index (χ3v) is 1.72. The smallest absolute Gasteiger partial charge is 0.421 e. The molecule has 0 aliphatic carbocycles. The maximum absolute atomic E-state index is 10.4. The average molecular weight is 180 g/mol. The van der Waals surface area contributed by atoms with E-state index in [-0.39, 0.29) is 6.54 Å². The van der Waals surface area contributed by atoms with Crippen molar-refractivity contribution < 1.29 is 9.90 Å². The van der Waals surface area contributed by atoms with Gasteiger partial charge in [-0.25, -0.2) is 15.6 Å². The Morgan fingerprint density at radius 3 is 2.46 bits per heavy atom. The summed E-state index contributed by atoms with van der Waals surface area (Å²) in [4.78, 5) is 10.4. The molecule has 0 aliphatic heterocycles. The van der Waals surface area contributed by atoms with Gasteiger partial charge in [0.25, 0.3) is 0 Å². The second-order valence-electron chi connectivity index (χ2n) is 2.90. The molecule has 0 radical (unpaired) electrons. The van der Waals surface area contributed by atoms with Crippen LogP contribution >= 0.6 is 0 Å². The first-order valence-corrected chi connectivity index (χ1v) is 3.90. The fourth-order valence-electron chi connectivity index (χ4n) is 0.958. The number of benzene rings is 1. The fraction of sp³-hybridized carbons (Fsp3) is 0.222. The number of carbonyl (C=O) groups is 1. The Morgan fingerprint density at radius 2 is 2.00 bits per heavy atom. The van der Waals surface area contributed by atoms with E-state index in [0.29, 0.717) is 0 Å². The molecule has 1 aromatic rings. The lowest BCUT2D eigenvalue weighted by molar-refractivity contribution is 0.143. The number of amides is 1. The summed E-state index contributed by atoms with van der Waals surface area (Å²) in [5, 5.41) is 9.25. The molecule has 1 aromatic carbocycles. The van der Waals surface area contributed by atoms with Crippen LogP contribution in [0.4, 0.5) is 4.79 Å². The van der Waals surface area contributed by atoms with Gasteiger partial charge in [0.2, 0.25) is 0 Å². The van der Waals surface area contributed by atoms with E-state index in [0.717, 1.165) is 16.1 Å². The van der Waals surface area contributed by atoms with Gasteiger partial charge in [0.1, 0.15) is 0 Å². The number of carboxylic acid groups (broad SMARTS) is 1. The van der Waals surface area contributed by atoms with Gasteiger partial charge in [-0.05, 0) is 12.5 Å². The molecule has 0 saturated heterocycles. The number of hydrazine groups is 1. The molecule has 4 nitrogen and oxygen atoms in total. The van der Waals surface area contributed by atoms with Crippen LogP contribution in [-0.4, -0.2) is 16.2 Å². The van der Waals surface area contributed by atoms with E-state index < -0.39 is 6.09 Å². The van der Waals surface area contributed by atoms with Gasteiger partial charge in [-0.3, -0.25) is 0 Å². The molecule has 0 bridgehead atoms. The predicted octanol–water partition coefficient (Wildman–Crippen LogP) is 1.35. The minimum absolute atomic E-state index is 0.218. The highest BCUT2D eigenvalue weighted by Crippen LogP contribution is 2.04. The molecular formula is C9H12N2O2. The molecule has 0 unspecified atom stereocenters. The van der Waals surface area contributed by atoms with Crippen molar-refractivity contribution in [3.05, 3.63) is 35.4 Å². The highest BCUT2D eigenvalue weighted by atomic mass is 16.4. The Bertz CT molecular complexity index is 295. The summed E-state index contributed by atoms with van der Waals surface area (Å²) in [6.45, 7) is 2.19. The standard InChI is InChI=1S/C9H12N2O2/c1-7-2-4-8(5-3-7)6-11(10)9(12)13/h2-5H,6,10H2,1H3,(H,12,13). The van der Waals surface area contributed by atoms with Crippen LogP contribution in [0.1, 0.15) is 11.1 Å². The Balaban J connectivity index is 2.64. The number of hydrogen-bond acceptors (Lipinski definition) is 2. The van der Waals surface area contributed by atoms with E-state index in [1.54, 1.807) is 0 Å². The van der Waals surface area contributed by atoms with E-state index in [1.165, 1.54) is 0 Å². The summed E-state index contributed by atoms with van der Waals surface area (Å²) in [5.41, 5.74) is 2.03. The zero-order valence-electron chi connectivity index (χ0n) is 7.40. The molecule has 0 fully saturated rings. The Labute approximate surface area is 76.6 Å². The fourth-order valence-corrected chi connectivity index (χ4v) is 0.958. The normalized spacial score (nSPS) is 9.69. The van der Waals surface area contributed by atoms with Crippen molar-refractivity contribution in [2.24, 2.45) is 5.84 Å². The quantitative estimate of drug-likeness (QED) is 0.410. The van der Waals surface area contributed by atoms with Gasteiger partial charge in [-0.1, -0.05) is 29.8 Å². The Kier molecular flexibility index (Phi) is 2.87. The first-order chi connectivity index (χ1) is 6.09. The molecule has 3 N–H and O–H groups in total. The summed E-state index contributed by atoms with van der Waals surface area (Å²) in [7, 11) is 0. The Hall–Kier alpha value is -1.55. The summed E-state index contributed by atoms with van der Waals surface area (Å²) >= 11 is 0. The summed E-state index contributed by atoms with van der Waals surface area (Å²) in [6, 6.07) is 7.56. The number of rotatable bonds is 2. The van der Waals surface area contributed by atoms with Crippen LogP contribution in [0.15, 0.2) is 24.3 Å². The van der Waals surface area contributed by atoms with Gasteiger partial charge < -0.3 is 5.11 Å². The molecule has 13 heavy (non-hydrogen) atoms. The molecule has 0 saturated carbocycles. The average Bonchev–Trinajstić information content (AvgIpc) is 2.08. The van der Waals surface area contributed by atoms with Crippen LogP contribution in [0.25, 0.3) is 0 Å². The topological polar surface area (TPSA) is 66.6 Å². The van der Waals surface area contributed by atoms with E-state index in [4.69, 9.17) is 10.9 Å². The maximum atomic E-state index is 10.4. The number of nitrogens with two attached hydrogens (primary N) is 1. The lowest BCUT2D eigenvalue weighted by Gasteiger charge is -2.11. The largest absolute Gasteiger partial charge is 0.464 e. The van der Waals surface area contributed by atoms with Gasteiger partial charge in [0.05, 0.1) is 6.54 Å². The van der Waals surface area contributed by atoms with Crippen LogP contribution in [-0.2, 0) is 6.54 Å². The lowest BCUT2D eigenvalue weighted by Crippen LogP contribution is -2.35. The zero-order valence-corrected chi connectivity index (χ0v) is 7.40. The van der Waals surface area contributed by atoms with Crippen LogP contribution in [0, 0.1) is 6.92 Å². The first-order valence-electron chi connectivity index (χ1n) is 3.90. The second kappa shape index (κ2) is 3.91. The van der Waals surface area contributed by atoms with Crippen LogP contribution < -0.4 is 5.84 Å². The van der Waals surface area contributed by atoms with E-state index in [1.807, 2.05) is 31.2 Å². The molecule has 0 heterocycles. The van der Waals surface area contributed by atoms with Crippen molar-refractivity contribution in [3.8, 4) is 0 Å². The third kappa shape index (κ3) is 2.76. The first kappa shape index (κ1) is 9.54. The van der Waals surface area contributed by atoms with E-state index in [9.17, 15) is 4.79 Å². The monoisotopic (exact) mass is 180 g/mol.